The van der Waals surface area contributed by atoms with E-state index in [0.29, 0.717) is 31.8 Å². The monoisotopic (exact) mass is 423 g/mol. The fraction of sp³-hybridized carbons (Fsp3) is 0.588. The van der Waals surface area contributed by atoms with Crippen LogP contribution in [0.1, 0.15) is 40.4 Å². The van der Waals surface area contributed by atoms with Crippen molar-refractivity contribution in [2.24, 2.45) is 0 Å². The molecule has 8 heteroatoms. The van der Waals surface area contributed by atoms with Crippen molar-refractivity contribution in [3.05, 3.63) is 34.4 Å². The Morgan fingerprint density at radius 3 is 2.72 bits per heavy atom. The highest BCUT2D eigenvalue weighted by molar-refractivity contribution is 9.08. The van der Waals surface area contributed by atoms with Gasteiger partial charge in [0.05, 0.1) is 30.9 Å². The zero-order valence-corrected chi connectivity index (χ0v) is 15.7. The van der Waals surface area contributed by atoms with E-state index < -0.39 is 17.7 Å². The first kappa shape index (κ1) is 20.2. The third kappa shape index (κ3) is 4.95. The van der Waals surface area contributed by atoms with Gasteiger partial charge in [0.1, 0.15) is 0 Å². The Kier molecular flexibility index (Phi) is 6.87. The second-order valence-electron chi connectivity index (χ2n) is 5.93. The Labute approximate surface area is 153 Å². The van der Waals surface area contributed by atoms with E-state index in [1.165, 1.54) is 6.07 Å². The van der Waals surface area contributed by atoms with Gasteiger partial charge >= 0.3 is 12.1 Å². The summed E-state index contributed by atoms with van der Waals surface area (Å²) in [7, 11) is 1.16. The van der Waals surface area contributed by atoms with Gasteiger partial charge in [-0.15, -0.1) is 0 Å². The number of morpholine rings is 1. The van der Waals surface area contributed by atoms with Crippen LogP contribution in [0.25, 0.3) is 0 Å². The van der Waals surface area contributed by atoms with E-state index in [9.17, 15) is 18.0 Å². The lowest BCUT2D eigenvalue weighted by molar-refractivity contribution is -0.138. The zero-order valence-electron chi connectivity index (χ0n) is 14.2. The molecular weight excluding hydrogens is 403 g/mol. The molecule has 0 bridgehead atoms. The molecule has 1 fully saturated rings. The van der Waals surface area contributed by atoms with Crippen LogP contribution in [0.5, 0.6) is 0 Å². The first-order valence-corrected chi connectivity index (χ1v) is 9.13. The molecule has 4 nitrogen and oxygen atoms in total. The van der Waals surface area contributed by atoms with E-state index in [1.54, 1.807) is 0 Å². The van der Waals surface area contributed by atoms with Crippen LogP contribution in [-0.2, 0) is 27.5 Å². The van der Waals surface area contributed by atoms with Crippen LogP contribution < -0.4 is 0 Å². The average molecular weight is 424 g/mol. The van der Waals surface area contributed by atoms with Crippen LogP contribution in [-0.4, -0.2) is 43.8 Å². The van der Waals surface area contributed by atoms with Gasteiger partial charge in [-0.25, -0.2) is 4.79 Å². The van der Waals surface area contributed by atoms with E-state index in [0.717, 1.165) is 19.6 Å². The van der Waals surface area contributed by atoms with Gasteiger partial charge in [0, 0.05) is 25.0 Å². The van der Waals surface area contributed by atoms with Gasteiger partial charge in [0.15, 0.2) is 0 Å². The lowest BCUT2D eigenvalue weighted by Gasteiger charge is -2.32. The Morgan fingerprint density at radius 1 is 1.44 bits per heavy atom. The Balaban J connectivity index is 2.39. The summed E-state index contributed by atoms with van der Waals surface area (Å²) in [5, 5.41) is -0.0813. The number of halogens is 4. The van der Waals surface area contributed by atoms with Crippen molar-refractivity contribution >= 4 is 21.9 Å². The fourth-order valence-corrected chi connectivity index (χ4v) is 3.55. The first-order valence-electron chi connectivity index (χ1n) is 8.01. The molecule has 1 saturated heterocycles. The molecule has 0 amide bonds. The molecule has 0 N–H and O–H groups in total. The van der Waals surface area contributed by atoms with Gasteiger partial charge in [0.25, 0.3) is 0 Å². The van der Waals surface area contributed by atoms with Crippen molar-refractivity contribution < 1.29 is 27.4 Å². The summed E-state index contributed by atoms with van der Waals surface area (Å²) in [5.41, 5.74) is -0.516. The van der Waals surface area contributed by atoms with Crippen LogP contribution >= 0.6 is 15.9 Å². The highest BCUT2D eigenvalue weighted by Gasteiger charge is 2.36. The molecule has 1 aromatic carbocycles. The Morgan fingerprint density at radius 2 is 2.16 bits per heavy atom. The first-order chi connectivity index (χ1) is 11.8. The minimum Gasteiger partial charge on any atom is -0.465 e. The molecule has 2 rings (SSSR count). The molecule has 1 aliphatic rings. The van der Waals surface area contributed by atoms with Gasteiger partial charge in [-0.2, -0.15) is 13.2 Å². The molecular formula is C17H21BrF3NO3. The van der Waals surface area contributed by atoms with Crippen LogP contribution in [0.2, 0.25) is 0 Å². The lowest BCUT2D eigenvalue weighted by Crippen LogP contribution is -2.41. The van der Waals surface area contributed by atoms with Crippen molar-refractivity contribution in [2.75, 3.05) is 26.8 Å². The summed E-state index contributed by atoms with van der Waals surface area (Å²) in [6, 6.07) is 2.62. The average Bonchev–Trinajstić information content (AvgIpc) is 2.59. The van der Waals surface area contributed by atoms with Crippen LogP contribution in [0, 0.1) is 0 Å². The molecule has 0 radical (unpaired) electrons. The number of methoxy groups -OCH3 is 1. The van der Waals surface area contributed by atoms with Crippen LogP contribution in [0.3, 0.4) is 0 Å². The summed E-state index contributed by atoms with van der Waals surface area (Å²) in [6.45, 7) is 4.19. The quantitative estimate of drug-likeness (QED) is 0.529. The van der Waals surface area contributed by atoms with Crippen molar-refractivity contribution in [3.8, 4) is 0 Å². The predicted octanol–water partition coefficient (Wildman–Crippen LogP) is 4.00. The van der Waals surface area contributed by atoms with Gasteiger partial charge in [0.2, 0.25) is 0 Å². The normalized spacial score (nSPS) is 19.0. The minimum absolute atomic E-state index is 0.0514. The molecule has 1 atom stereocenters. The molecule has 1 heterocycles. The zero-order chi connectivity index (χ0) is 18.6. The van der Waals surface area contributed by atoms with E-state index in [4.69, 9.17) is 4.74 Å². The number of hydrogen-bond acceptors (Lipinski definition) is 4. The number of nitrogens with zero attached hydrogens (tertiary/aromatic N) is 1. The second kappa shape index (κ2) is 8.51. The van der Waals surface area contributed by atoms with Crippen molar-refractivity contribution in [1.82, 2.24) is 4.90 Å². The number of esters is 1. The van der Waals surface area contributed by atoms with Crippen LogP contribution in [0.15, 0.2) is 12.1 Å². The van der Waals surface area contributed by atoms with Gasteiger partial charge < -0.3 is 9.47 Å². The maximum Gasteiger partial charge on any atom is 0.416 e. The second-order valence-corrected chi connectivity index (χ2v) is 6.49. The van der Waals surface area contributed by atoms with Gasteiger partial charge in [-0.05, 0) is 29.7 Å². The smallest absolute Gasteiger partial charge is 0.416 e. The van der Waals surface area contributed by atoms with Crippen LogP contribution in [0.4, 0.5) is 13.2 Å². The fourth-order valence-electron chi connectivity index (χ4n) is 2.94. The molecule has 0 aliphatic carbocycles. The Bertz CT molecular complexity index is 622. The summed E-state index contributed by atoms with van der Waals surface area (Å²) >= 11 is 3.05. The predicted molar refractivity (Wildman–Crippen MR) is 90.7 cm³/mol. The maximum absolute atomic E-state index is 13.5. The number of hydrogen-bond donors (Lipinski definition) is 0. The molecule has 140 valence electrons. The third-order valence-electron chi connectivity index (χ3n) is 4.24. The standard InChI is InChI=1S/C17H21BrF3NO3/c1-3-12-10-22(4-5-25-12)9-11-6-13(16(23)24-2)14(8-18)15(7-11)17(19,20)21/h6-7,12H,3-5,8-10H2,1-2H3. The number of ether oxygens (including phenoxy) is 2. The molecule has 1 aromatic rings. The summed E-state index contributed by atoms with van der Waals surface area (Å²) < 4.78 is 50.6. The number of rotatable bonds is 5. The van der Waals surface area contributed by atoms with Crippen molar-refractivity contribution in [3.63, 3.8) is 0 Å². The van der Waals surface area contributed by atoms with E-state index in [-0.39, 0.29) is 22.6 Å². The number of alkyl halides is 4. The van der Waals surface area contributed by atoms with Crippen molar-refractivity contribution in [2.45, 2.75) is 37.5 Å². The number of benzene rings is 1. The molecule has 0 saturated carbocycles. The van der Waals surface area contributed by atoms with Gasteiger partial charge in [-0.3, -0.25) is 4.90 Å². The molecule has 1 aliphatic heterocycles. The summed E-state index contributed by atoms with van der Waals surface area (Å²) in [4.78, 5) is 14.0. The summed E-state index contributed by atoms with van der Waals surface area (Å²) in [6.07, 6.45) is -3.61. The molecule has 1 unspecified atom stereocenters. The highest BCUT2D eigenvalue weighted by Crippen LogP contribution is 2.36. The maximum atomic E-state index is 13.5. The summed E-state index contributed by atoms with van der Waals surface area (Å²) in [5.74, 6) is -0.768. The SMILES string of the molecule is CCC1CN(Cc2cc(C(=O)OC)c(CBr)c(C(F)(F)F)c2)CCO1. The van der Waals surface area contributed by atoms with E-state index in [1.807, 2.05) is 11.8 Å². The molecule has 0 spiro atoms. The number of carbonyl (C=O) groups is 1. The molecule has 0 aromatic heterocycles. The van der Waals surface area contributed by atoms with E-state index >= 15 is 0 Å². The highest BCUT2D eigenvalue weighted by atomic mass is 79.9. The molecule has 25 heavy (non-hydrogen) atoms. The minimum atomic E-state index is -4.54. The topological polar surface area (TPSA) is 38.8 Å². The Hall–Kier alpha value is -1.12. The number of carbonyl (C=O) groups excluding carboxylic acids is 1. The van der Waals surface area contributed by atoms with Gasteiger partial charge in [-0.1, -0.05) is 22.9 Å². The third-order valence-corrected chi connectivity index (χ3v) is 4.80. The van der Waals surface area contributed by atoms with Crippen molar-refractivity contribution in [1.29, 1.82) is 0 Å². The lowest BCUT2D eigenvalue weighted by atomic mass is 9.97. The largest absolute Gasteiger partial charge is 0.465 e. The van der Waals surface area contributed by atoms with E-state index in [2.05, 4.69) is 20.7 Å².